The Morgan fingerprint density at radius 3 is 2.23 bits per heavy atom. The molecule has 1 aromatic rings. The Hall–Kier alpha value is -2.17. The Kier molecular flexibility index (Phi) is 6.68. The van der Waals surface area contributed by atoms with Gasteiger partial charge in [0.1, 0.15) is 12.4 Å². The largest absolute Gasteiger partial charge is 0.492 e. The highest BCUT2D eigenvalue weighted by Crippen LogP contribution is 2.37. The standard InChI is InChI=1S/C19H22F6N2O3/c20-18(21,22)16(19(23,24)25)30-17(28)27-11-13-4-5-15(10-14(13)12-27)29-9-8-26-6-2-1-3-7-26/h4-5,10,16H,1-3,6-9,11-12H2. The fourth-order valence-corrected chi connectivity index (χ4v) is 3.56. The second-order valence-corrected chi connectivity index (χ2v) is 7.38. The minimum absolute atomic E-state index is 0.134. The average molecular weight is 440 g/mol. The van der Waals surface area contributed by atoms with Gasteiger partial charge in [-0.3, -0.25) is 9.80 Å². The van der Waals surface area contributed by atoms with Crippen molar-refractivity contribution < 1.29 is 40.6 Å². The van der Waals surface area contributed by atoms with Crippen LogP contribution in [-0.4, -0.2) is 60.6 Å². The molecule has 0 atom stereocenters. The Morgan fingerprint density at radius 1 is 0.967 bits per heavy atom. The van der Waals surface area contributed by atoms with Crippen molar-refractivity contribution in [3.8, 4) is 5.75 Å². The van der Waals surface area contributed by atoms with Gasteiger partial charge in [-0.15, -0.1) is 0 Å². The number of rotatable bonds is 5. The summed E-state index contributed by atoms with van der Waals surface area (Å²) in [5, 5.41) is 0. The van der Waals surface area contributed by atoms with Gasteiger partial charge in [0.15, 0.2) is 0 Å². The molecule has 0 aliphatic carbocycles. The summed E-state index contributed by atoms with van der Waals surface area (Å²) in [6.45, 7) is 3.00. The van der Waals surface area contributed by atoms with Gasteiger partial charge in [-0.2, -0.15) is 26.3 Å². The van der Waals surface area contributed by atoms with Gasteiger partial charge in [0.05, 0.1) is 0 Å². The molecule has 2 aliphatic rings. The third-order valence-electron chi connectivity index (χ3n) is 5.10. The van der Waals surface area contributed by atoms with E-state index in [2.05, 4.69) is 9.64 Å². The first-order valence-corrected chi connectivity index (χ1v) is 9.60. The molecular formula is C19H22F6N2O3. The summed E-state index contributed by atoms with van der Waals surface area (Å²) in [5.41, 5.74) is 1.21. The molecule has 0 unspecified atom stereocenters. The maximum absolute atomic E-state index is 12.6. The molecule has 5 nitrogen and oxygen atoms in total. The first-order valence-electron chi connectivity index (χ1n) is 9.60. The first-order chi connectivity index (χ1) is 14.0. The molecule has 1 fully saturated rings. The smallest absolute Gasteiger partial charge is 0.434 e. The van der Waals surface area contributed by atoms with E-state index in [0.29, 0.717) is 23.5 Å². The number of benzene rings is 1. The van der Waals surface area contributed by atoms with Crippen LogP contribution in [0.4, 0.5) is 31.1 Å². The summed E-state index contributed by atoms with van der Waals surface area (Å²) in [4.78, 5) is 15.0. The zero-order valence-corrected chi connectivity index (χ0v) is 16.1. The molecule has 0 bridgehead atoms. The maximum Gasteiger partial charge on any atom is 0.434 e. The van der Waals surface area contributed by atoms with Crippen LogP contribution in [0.25, 0.3) is 0 Å². The maximum atomic E-state index is 12.6. The molecule has 1 saturated heterocycles. The SMILES string of the molecule is O=C(OC(C(F)(F)F)C(F)(F)F)N1Cc2ccc(OCCN3CCCCC3)cc2C1. The molecule has 0 N–H and O–H groups in total. The van der Waals surface area contributed by atoms with E-state index < -0.39 is 24.5 Å². The average Bonchev–Trinajstić information content (AvgIpc) is 3.08. The minimum atomic E-state index is -5.74. The van der Waals surface area contributed by atoms with Gasteiger partial charge in [-0.05, 0) is 49.2 Å². The van der Waals surface area contributed by atoms with Crippen LogP contribution in [0.5, 0.6) is 5.75 Å². The van der Waals surface area contributed by atoms with E-state index in [9.17, 15) is 31.1 Å². The van der Waals surface area contributed by atoms with Gasteiger partial charge in [0, 0.05) is 19.6 Å². The number of ether oxygens (including phenoxy) is 2. The van der Waals surface area contributed by atoms with Crippen LogP contribution in [0.1, 0.15) is 30.4 Å². The molecule has 30 heavy (non-hydrogen) atoms. The summed E-state index contributed by atoms with van der Waals surface area (Å²) in [7, 11) is 0. The second kappa shape index (κ2) is 8.91. The zero-order chi connectivity index (χ0) is 21.9. The number of hydrogen-bond donors (Lipinski definition) is 0. The van der Waals surface area contributed by atoms with Crippen LogP contribution in [0, 0.1) is 0 Å². The lowest BCUT2D eigenvalue weighted by Gasteiger charge is -2.26. The Balaban J connectivity index is 1.55. The zero-order valence-electron chi connectivity index (χ0n) is 16.1. The van der Waals surface area contributed by atoms with Crippen molar-refractivity contribution in [1.29, 1.82) is 0 Å². The number of piperidine rings is 1. The fraction of sp³-hybridized carbons (Fsp3) is 0.632. The molecule has 0 radical (unpaired) electrons. The molecule has 3 rings (SSSR count). The van der Waals surface area contributed by atoms with Gasteiger partial charge < -0.3 is 9.47 Å². The van der Waals surface area contributed by atoms with Crippen molar-refractivity contribution in [2.45, 2.75) is 50.8 Å². The first kappa shape index (κ1) is 22.5. The summed E-state index contributed by atoms with van der Waals surface area (Å²) >= 11 is 0. The summed E-state index contributed by atoms with van der Waals surface area (Å²) in [6.07, 6.45) is -13.8. The number of amides is 1. The van der Waals surface area contributed by atoms with E-state index in [1.54, 1.807) is 18.2 Å². The number of carbonyl (C=O) groups excluding carboxylic acids is 1. The normalized spacial score (nSPS) is 17.9. The molecule has 1 amide bonds. The van der Waals surface area contributed by atoms with Crippen molar-refractivity contribution >= 4 is 6.09 Å². The summed E-state index contributed by atoms with van der Waals surface area (Å²) in [5.74, 6) is 0.532. The molecular weight excluding hydrogens is 418 g/mol. The van der Waals surface area contributed by atoms with Gasteiger partial charge in [0.2, 0.25) is 0 Å². The van der Waals surface area contributed by atoms with Crippen molar-refractivity contribution in [3.63, 3.8) is 0 Å². The van der Waals surface area contributed by atoms with Gasteiger partial charge >= 0.3 is 18.4 Å². The van der Waals surface area contributed by atoms with E-state index >= 15 is 0 Å². The lowest BCUT2D eigenvalue weighted by molar-refractivity contribution is -0.308. The summed E-state index contributed by atoms with van der Waals surface area (Å²) in [6, 6.07) is 4.95. The quantitative estimate of drug-likeness (QED) is 0.633. The Bertz CT molecular complexity index is 733. The molecule has 2 heterocycles. The topological polar surface area (TPSA) is 42.0 Å². The molecule has 11 heteroatoms. The van der Waals surface area contributed by atoms with E-state index in [0.717, 1.165) is 37.4 Å². The predicted octanol–water partition coefficient (Wildman–Crippen LogP) is 4.50. The van der Waals surface area contributed by atoms with Crippen molar-refractivity contribution in [3.05, 3.63) is 29.3 Å². The number of nitrogens with zero attached hydrogens (tertiary/aromatic N) is 2. The second-order valence-electron chi connectivity index (χ2n) is 7.38. The van der Waals surface area contributed by atoms with Gasteiger partial charge in [-0.25, -0.2) is 4.79 Å². The number of fused-ring (bicyclic) bond motifs is 1. The van der Waals surface area contributed by atoms with Crippen LogP contribution in [0.15, 0.2) is 18.2 Å². The van der Waals surface area contributed by atoms with Crippen LogP contribution >= 0.6 is 0 Å². The Morgan fingerprint density at radius 2 is 1.60 bits per heavy atom. The minimum Gasteiger partial charge on any atom is -0.492 e. The van der Waals surface area contributed by atoms with Crippen LogP contribution in [0.3, 0.4) is 0 Å². The highest BCUT2D eigenvalue weighted by atomic mass is 19.4. The third kappa shape index (κ3) is 5.71. The highest BCUT2D eigenvalue weighted by Gasteiger charge is 2.60. The molecule has 168 valence electrons. The number of halogens is 6. The van der Waals surface area contributed by atoms with E-state index in [4.69, 9.17) is 4.74 Å². The Labute approximate surface area is 169 Å². The number of hydrogen-bond acceptors (Lipinski definition) is 4. The summed E-state index contributed by atoms with van der Waals surface area (Å²) < 4.78 is 85.0. The molecule has 0 aromatic heterocycles. The third-order valence-corrected chi connectivity index (χ3v) is 5.10. The molecule has 0 saturated carbocycles. The number of carbonyl (C=O) groups is 1. The highest BCUT2D eigenvalue weighted by molar-refractivity contribution is 5.69. The lowest BCUT2D eigenvalue weighted by Crippen LogP contribution is -2.47. The van der Waals surface area contributed by atoms with Crippen molar-refractivity contribution in [2.24, 2.45) is 0 Å². The lowest BCUT2D eigenvalue weighted by atomic mass is 10.1. The number of alkyl halides is 6. The molecule has 0 spiro atoms. The fourth-order valence-electron chi connectivity index (χ4n) is 3.56. The molecule has 1 aromatic carbocycles. The van der Waals surface area contributed by atoms with E-state index in [-0.39, 0.29) is 13.1 Å². The van der Waals surface area contributed by atoms with Crippen molar-refractivity contribution in [2.75, 3.05) is 26.2 Å². The molecule has 2 aliphatic heterocycles. The van der Waals surface area contributed by atoms with Gasteiger partial charge in [-0.1, -0.05) is 12.5 Å². The van der Waals surface area contributed by atoms with Crippen LogP contribution in [-0.2, 0) is 17.8 Å². The van der Waals surface area contributed by atoms with Gasteiger partial charge in [0.25, 0.3) is 6.10 Å². The number of likely N-dealkylation sites (tertiary alicyclic amines) is 1. The van der Waals surface area contributed by atoms with E-state index in [1.165, 1.54) is 6.42 Å². The predicted molar refractivity (Wildman–Crippen MR) is 93.9 cm³/mol. The van der Waals surface area contributed by atoms with Crippen molar-refractivity contribution in [1.82, 2.24) is 9.80 Å². The van der Waals surface area contributed by atoms with Crippen LogP contribution in [0.2, 0.25) is 0 Å². The van der Waals surface area contributed by atoms with E-state index in [1.807, 2.05) is 0 Å². The van der Waals surface area contributed by atoms with Crippen LogP contribution < -0.4 is 4.74 Å². The monoisotopic (exact) mass is 440 g/mol.